The van der Waals surface area contributed by atoms with Crippen LogP contribution in [0.4, 0.5) is 5.13 Å². The number of alkyl halides is 1. The van der Waals surface area contributed by atoms with Crippen molar-refractivity contribution in [3.8, 4) is 0 Å². The number of nitrogens with one attached hydrogen (secondary N) is 1. The molecule has 2 aromatic rings. The van der Waals surface area contributed by atoms with Gasteiger partial charge in [0.05, 0.1) is 15.0 Å². The summed E-state index contributed by atoms with van der Waals surface area (Å²) < 4.78 is 1.01. The van der Waals surface area contributed by atoms with Crippen LogP contribution in [0.5, 0.6) is 0 Å². The van der Waals surface area contributed by atoms with Crippen LogP contribution in [0.15, 0.2) is 12.1 Å². The summed E-state index contributed by atoms with van der Waals surface area (Å²) in [4.78, 5) is 16.5. The van der Waals surface area contributed by atoms with Gasteiger partial charge in [0.2, 0.25) is 5.91 Å². The van der Waals surface area contributed by atoms with Gasteiger partial charge in [0.25, 0.3) is 0 Å². The number of carbonyl (C=O) groups is 1. The lowest BCUT2D eigenvalue weighted by Gasteiger charge is -2.07. The lowest BCUT2D eigenvalue weighted by atomic mass is 10.1. The number of hydrogen-bond acceptors (Lipinski definition) is 3. The van der Waals surface area contributed by atoms with Gasteiger partial charge in [0.15, 0.2) is 5.13 Å². The Morgan fingerprint density at radius 2 is 2.24 bits per heavy atom. The van der Waals surface area contributed by atoms with Gasteiger partial charge in [0, 0.05) is 5.02 Å². The summed E-state index contributed by atoms with van der Waals surface area (Å²) in [6.45, 7) is 4.18. The first kappa shape index (κ1) is 16.7. The summed E-state index contributed by atoms with van der Waals surface area (Å²) in [5.74, 6) is -0.0355. The molecule has 0 aliphatic heterocycles. The average Bonchev–Trinajstić information content (AvgIpc) is 2.85. The van der Waals surface area contributed by atoms with Crippen molar-refractivity contribution in [2.45, 2.75) is 44.4 Å². The maximum atomic E-state index is 12.1. The molecule has 114 valence electrons. The highest BCUT2D eigenvalue weighted by atomic mass is 79.9. The molecule has 0 bridgehead atoms. The molecule has 0 aliphatic rings. The van der Waals surface area contributed by atoms with E-state index in [0.717, 1.165) is 41.5 Å². The van der Waals surface area contributed by atoms with E-state index in [9.17, 15) is 4.79 Å². The van der Waals surface area contributed by atoms with E-state index in [-0.39, 0.29) is 10.7 Å². The van der Waals surface area contributed by atoms with Crippen molar-refractivity contribution in [1.29, 1.82) is 0 Å². The van der Waals surface area contributed by atoms with Crippen LogP contribution in [0.3, 0.4) is 0 Å². The third kappa shape index (κ3) is 4.18. The Hall–Kier alpha value is -0.650. The minimum absolute atomic E-state index is 0.0355. The second kappa shape index (κ2) is 7.56. The van der Waals surface area contributed by atoms with Gasteiger partial charge in [-0.05, 0) is 30.5 Å². The molecule has 1 heterocycles. The minimum atomic E-state index is -0.168. The largest absolute Gasteiger partial charge is 0.301 e. The molecule has 0 fully saturated rings. The van der Waals surface area contributed by atoms with Crippen LogP contribution in [0.25, 0.3) is 10.2 Å². The first-order valence-corrected chi connectivity index (χ1v) is 9.20. The topological polar surface area (TPSA) is 42.0 Å². The third-order valence-corrected chi connectivity index (χ3v) is 5.25. The molecule has 1 aromatic heterocycles. The predicted molar refractivity (Wildman–Crippen MR) is 94.9 cm³/mol. The Bertz CT molecular complexity index is 644. The smallest absolute Gasteiger partial charge is 0.239 e. The number of amides is 1. The SMILES string of the molecule is CCCCC(Br)C(=O)Nc1nc2c(CC)cc(Cl)cc2s1. The highest BCUT2D eigenvalue weighted by Gasteiger charge is 2.17. The zero-order valence-corrected chi connectivity index (χ0v) is 15.2. The molecule has 2 rings (SSSR count). The summed E-state index contributed by atoms with van der Waals surface area (Å²) in [5, 5.41) is 4.23. The normalized spacial score (nSPS) is 12.6. The number of hydrogen-bond donors (Lipinski definition) is 1. The maximum Gasteiger partial charge on any atom is 0.239 e. The summed E-state index contributed by atoms with van der Waals surface area (Å²) in [6.07, 6.45) is 3.80. The first-order chi connectivity index (χ1) is 10.0. The van der Waals surface area contributed by atoms with Crippen molar-refractivity contribution in [1.82, 2.24) is 4.98 Å². The molecule has 0 spiro atoms. The number of unbranched alkanes of at least 4 members (excludes halogenated alkanes) is 1. The van der Waals surface area contributed by atoms with Crippen LogP contribution in [0, 0.1) is 0 Å². The van der Waals surface area contributed by atoms with E-state index in [1.165, 1.54) is 11.3 Å². The molecule has 21 heavy (non-hydrogen) atoms. The molecule has 6 heteroatoms. The fraction of sp³-hybridized carbons (Fsp3) is 0.467. The second-order valence-electron chi connectivity index (χ2n) is 4.88. The van der Waals surface area contributed by atoms with E-state index in [2.05, 4.69) is 40.1 Å². The van der Waals surface area contributed by atoms with E-state index in [0.29, 0.717) is 10.2 Å². The number of aryl methyl sites for hydroxylation is 1. The van der Waals surface area contributed by atoms with Crippen LogP contribution >= 0.6 is 38.9 Å². The van der Waals surface area contributed by atoms with Gasteiger partial charge in [-0.2, -0.15) is 0 Å². The van der Waals surface area contributed by atoms with Crippen molar-refractivity contribution in [3.63, 3.8) is 0 Å². The van der Waals surface area contributed by atoms with E-state index in [1.54, 1.807) is 0 Å². The minimum Gasteiger partial charge on any atom is -0.301 e. The molecule has 1 amide bonds. The van der Waals surface area contributed by atoms with Crippen molar-refractivity contribution < 1.29 is 4.79 Å². The van der Waals surface area contributed by atoms with E-state index >= 15 is 0 Å². The second-order valence-corrected chi connectivity index (χ2v) is 7.46. The fourth-order valence-corrected chi connectivity index (χ4v) is 3.78. The summed E-state index contributed by atoms with van der Waals surface area (Å²) >= 11 is 11.0. The molecule has 3 nitrogen and oxygen atoms in total. The number of fused-ring (bicyclic) bond motifs is 1. The molecule has 0 saturated heterocycles. The molecule has 1 N–H and O–H groups in total. The summed E-state index contributed by atoms with van der Waals surface area (Å²) in [5.41, 5.74) is 2.04. The number of rotatable bonds is 6. The van der Waals surface area contributed by atoms with Gasteiger partial charge in [-0.25, -0.2) is 4.98 Å². The van der Waals surface area contributed by atoms with Crippen LogP contribution in [0.1, 0.15) is 38.7 Å². The van der Waals surface area contributed by atoms with Gasteiger partial charge in [-0.15, -0.1) is 0 Å². The van der Waals surface area contributed by atoms with E-state index < -0.39 is 0 Å². The van der Waals surface area contributed by atoms with E-state index in [4.69, 9.17) is 11.6 Å². The number of anilines is 1. The highest BCUT2D eigenvalue weighted by Crippen LogP contribution is 2.32. The number of carbonyl (C=O) groups excluding carboxylic acids is 1. The van der Waals surface area contributed by atoms with Crippen molar-refractivity contribution in [2.24, 2.45) is 0 Å². The lowest BCUT2D eigenvalue weighted by Crippen LogP contribution is -2.22. The Morgan fingerprint density at radius 3 is 2.90 bits per heavy atom. The van der Waals surface area contributed by atoms with Crippen LogP contribution in [0.2, 0.25) is 5.02 Å². The van der Waals surface area contributed by atoms with Gasteiger partial charge in [0.1, 0.15) is 0 Å². The average molecular weight is 390 g/mol. The zero-order valence-electron chi connectivity index (χ0n) is 12.1. The quantitative estimate of drug-likeness (QED) is 0.672. The Balaban J connectivity index is 2.18. The predicted octanol–water partition coefficient (Wildman–Crippen LogP) is 5.40. The number of benzene rings is 1. The number of aromatic nitrogens is 1. The Kier molecular flexibility index (Phi) is 6.02. The first-order valence-electron chi connectivity index (χ1n) is 7.09. The molecule has 0 aliphatic carbocycles. The summed E-state index contributed by atoms with van der Waals surface area (Å²) in [7, 11) is 0. The molecule has 1 aromatic carbocycles. The number of halogens is 2. The fourth-order valence-electron chi connectivity index (χ4n) is 2.08. The van der Waals surface area contributed by atoms with Gasteiger partial charge < -0.3 is 5.32 Å². The molecule has 0 saturated carbocycles. The third-order valence-electron chi connectivity index (χ3n) is 3.25. The van der Waals surface area contributed by atoms with Gasteiger partial charge >= 0.3 is 0 Å². The Labute approximate surface area is 142 Å². The highest BCUT2D eigenvalue weighted by molar-refractivity contribution is 9.10. The van der Waals surface area contributed by atoms with Gasteiger partial charge in [-0.1, -0.05) is 65.6 Å². The summed E-state index contributed by atoms with van der Waals surface area (Å²) in [6, 6.07) is 3.83. The molecule has 0 radical (unpaired) electrons. The standard InChI is InChI=1S/C15H18BrClN2OS/c1-3-5-6-11(16)14(20)19-15-18-13-9(4-2)7-10(17)8-12(13)21-15/h7-8,11H,3-6H2,1-2H3,(H,18,19,20). The van der Waals surface area contributed by atoms with Crippen LogP contribution in [-0.2, 0) is 11.2 Å². The van der Waals surface area contributed by atoms with Crippen molar-refractivity contribution >= 4 is 60.1 Å². The molecular formula is C15H18BrClN2OS. The molecule has 1 unspecified atom stereocenters. The number of nitrogens with zero attached hydrogens (tertiary/aromatic N) is 1. The molecular weight excluding hydrogens is 372 g/mol. The monoisotopic (exact) mass is 388 g/mol. The van der Waals surface area contributed by atoms with Crippen molar-refractivity contribution in [3.05, 3.63) is 22.7 Å². The lowest BCUT2D eigenvalue weighted by molar-refractivity contribution is -0.115. The van der Waals surface area contributed by atoms with Crippen molar-refractivity contribution in [2.75, 3.05) is 5.32 Å². The van der Waals surface area contributed by atoms with Gasteiger partial charge in [-0.3, -0.25) is 4.79 Å². The number of thiazole rings is 1. The zero-order chi connectivity index (χ0) is 15.4. The van der Waals surface area contributed by atoms with E-state index in [1.807, 2.05) is 12.1 Å². The van der Waals surface area contributed by atoms with Crippen LogP contribution < -0.4 is 5.32 Å². The van der Waals surface area contributed by atoms with Crippen LogP contribution in [-0.4, -0.2) is 15.7 Å². The molecule has 1 atom stereocenters. The Morgan fingerprint density at radius 1 is 1.48 bits per heavy atom. The maximum absolute atomic E-state index is 12.1.